The molecule has 1 saturated carbocycles. The highest BCUT2D eigenvalue weighted by Crippen LogP contribution is 2.39. The molecule has 2 rings (SSSR count). The van der Waals surface area contributed by atoms with E-state index in [0.29, 0.717) is 11.8 Å². The number of hydrogen-bond donors (Lipinski definition) is 2. The fourth-order valence-corrected chi connectivity index (χ4v) is 3.22. The van der Waals surface area contributed by atoms with Gasteiger partial charge >= 0.3 is 5.97 Å². The number of nitrogens with two attached hydrogens (primary N) is 1. The molecule has 0 aromatic carbocycles. The van der Waals surface area contributed by atoms with Crippen molar-refractivity contribution in [2.75, 3.05) is 5.73 Å². The predicted octanol–water partition coefficient (Wildman–Crippen LogP) is 2.96. The van der Waals surface area contributed by atoms with Crippen LogP contribution in [0.5, 0.6) is 5.88 Å². The minimum absolute atomic E-state index is 0.0399. The second-order valence-electron chi connectivity index (χ2n) is 6.57. The first-order valence-electron chi connectivity index (χ1n) is 6.92. The fourth-order valence-electron chi connectivity index (χ4n) is 3.22. The molecule has 0 spiro atoms. The van der Waals surface area contributed by atoms with Crippen LogP contribution in [0.25, 0.3) is 0 Å². The number of carbonyl (C=O) groups is 1. The van der Waals surface area contributed by atoms with E-state index in [2.05, 4.69) is 25.8 Å². The molecule has 1 aromatic rings. The number of hydrogen-bond acceptors (Lipinski definition) is 4. The molecule has 1 heterocycles. The first-order valence-corrected chi connectivity index (χ1v) is 6.92. The monoisotopic (exact) mass is 278 g/mol. The van der Waals surface area contributed by atoms with Crippen LogP contribution in [0.15, 0.2) is 12.3 Å². The molecule has 0 aliphatic heterocycles. The van der Waals surface area contributed by atoms with Crippen LogP contribution in [0.2, 0.25) is 0 Å². The van der Waals surface area contributed by atoms with Crippen molar-refractivity contribution >= 4 is 11.7 Å². The summed E-state index contributed by atoms with van der Waals surface area (Å²) in [4.78, 5) is 15.1. The summed E-state index contributed by atoms with van der Waals surface area (Å²) in [7, 11) is 0. The van der Waals surface area contributed by atoms with Crippen molar-refractivity contribution in [2.45, 2.75) is 46.1 Å². The first kappa shape index (κ1) is 14.6. The van der Waals surface area contributed by atoms with Crippen LogP contribution >= 0.6 is 0 Å². The summed E-state index contributed by atoms with van der Waals surface area (Å²) in [5.41, 5.74) is 6.03. The maximum absolute atomic E-state index is 11.1. The van der Waals surface area contributed by atoms with E-state index >= 15 is 0 Å². The van der Waals surface area contributed by atoms with Crippen molar-refractivity contribution in [3.63, 3.8) is 0 Å². The van der Waals surface area contributed by atoms with Crippen molar-refractivity contribution in [2.24, 2.45) is 11.3 Å². The number of aromatic carboxylic acids is 1. The predicted molar refractivity (Wildman–Crippen MR) is 76.8 cm³/mol. The smallest absolute Gasteiger partial charge is 0.338 e. The zero-order valence-corrected chi connectivity index (χ0v) is 12.2. The molecule has 1 aliphatic rings. The Balaban J connectivity index is 2.14. The third-order valence-corrected chi connectivity index (χ3v) is 3.77. The normalized spacial score (nSPS) is 25.1. The Morgan fingerprint density at radius 1 is 1.50 bits per heavy atom. The first-order chi connectivity index (χ1) is 9.27. The van der Waals surface area contributed by atoms with Crippen LogP contribution in [-0.2, 0) is 0 Å². The van der Waals surface area contributed by atoms with E-state index < -0.39 is 5.97 Å². The summed E-state index contributed by atoms with van der Waals surface area (Å²) in [6, 6.07) is 1.41. The van der Waals surface area contributed by atoms with Gasteiger partial charge in [0, 0.05) is 6.07 Å². The lowest BCUT2D eigenvalue weighted by atomic mass is 9.71. The largest absolute Gasteiger partial charge is 0.478 e. The second-order valence-corrected chi connectivity index (χ2v) is 6.57. The molecule has 2 unspecified atom stereocenters. The molecule has 5 nitrogen and oxygen atoms in total. The van der Waals surface area contributed by atoms with E-state index in [4.69, 9.17) is 15.6 Å². The summed E-state index contributed by atoms with van der Waals surface area (Å²) in [5, 5.41) is 9.06. The van der Waals surface area contributed by atoms with Gasteiger partial charge in [0.15, 0.2) is 0 Å². The maximum Gasteiger partial charge on any atom is 0.338 e. The molecule has 0 bridgehead atoms. The third kappa shape index (κ3) is 3.40. The van der Waals surface area contributed by atoms with Crippen LogP contribution in [0, 0.1) is 11.3 Å². The summed E-state index contributed by atoms with van der Waals surface area (Å²) in [6.07, 6.45) is 4.52. The van der Waals surface area contributed by atoms with Gasteiger partial charge in [-0.2, -0.15) is 0 Å². The summed E-state index contributed by atoms with van der Waals surface area (Å²) < 4.78 is 5.88. The molecular formula is C15H22N2O3. The topological polar surface area (TPSA) is 85.4 Å². The lowest BCUT2D eigenvalue weighted by molar-refractivity contribution is 0.0527. The molecule has 0 radical (unpaired) electrons. The average Bonchev–Trinajstić information content (AvgIpc) is 2.28. The highest BCUT2D eigenvalue weighted by molar-refractivity contribution is 5.93. The summed E-state index contributed by atoms with van der Waals surface area (Å²) in [6.45, 7) is 6.69. The number of nitrogen functional groups attached to an aromatic ring is 1. The van der Waals surface area contributed by atoms with E-state index in [0.717, 1.165) is 12.8 Å². The molecule has 0 saturated heterocycles. The molecule has 2 atom stereocenters. The van der Waals surface area contributed by atoms with Crippen molar-refractivity contribution < 1.29 is 14.6 Å². The zero-order chi connectivity index (χ0) is 14.9. The fraction of sp³-hybridized carbons (Fsp3) is 0.600. The molecule has 1 fully saturated rings. The highest BCUT2D eigenvalue weighted by atomic mass is 16.5. The third-order valence-electron chi connectivity index (χ3n) is 3.77. The second kappa shape index (κ2) is 5.31. The molecule has 20 heavy (non-hydrogen) atoms. The van der Waals surface area contributed by atoms with Gasteiger partial charge in [-0.15, -0.1) is 0 Å². The van der Waals surface area contributed by atoms with E-state index in [9.17, 15) is 4.79 Å². The van der Waals surface area contributed by atoms with Gasteiger partial charge in [0.1, 0.15) is 6.10 Å². The van der Waals surface area contributed by atoms with Gasteiger partial charge in [-0.25, -0.2) is 9.78 Å². The van der Waals surface area contributed by atoms with Gasteiger partial charge in [-0.3, -0.25) is 0 Å². The molecule has 3 N–H and O–H groups in total. The number of nitrogens with zero attached hydrogens (tertiary/aromatic N) is 1. The van der Waals surface area contributed by atoms with Crippen molar-refractivity contribution in [1.29, 1.82) is 0 Å². The highest BCUT2D eigenvalue weighted by Gasteiger charge is 2.33. The van der Waals surface area contributed by atoms with E-state index in [1.54, 1.807) is 0 Å². The van der Waals surface area contributed by atoms with Crippen molar-refractivity contribution in [3.05, 3.63) is 17.8 Å². The average molecular weight is 278 g/mol. The Morgan fingerprint density at radius 3 is 2.80 bits per heavy atom. The van der Waals surface area contributed by atoms with Crippen LogP contribution in [0.1, 0.15) is 50.4 Å². The molecular weight excluding hydrogens is 256 g/mol. The standard InChI is InChI=1S/C15H22N2O3/c1-9-4-10(7-15(2,3)6-9)20-13-5-11(14(18)19)12(16)8-17-13/h5,8-10H,4,6-7,16H2,1-3H3,(H,18,19). The molecule has 1 aliphatic carbocycles. The number of carboxylic acid groups (broad SMARTS) is 1. The van der Waals surface area contributed by atoms with E-state index in [1.165, 1.54) is 18.7 Å². The molecule has 5 heteroatoms. The van der Waals surface area contributed by atoms with Gasteiger partial charge in [0.05, 0.1) is 17.4 Å². The Hall–Kier alpha value is -1.78. The Morgan fingerprint density at radius 2 is 2.20 bits per heavy atom. The molecule has 110 valence electrons. The molecule has 1 aromatic heterocycles. The number of anilines is 1. The Kier molecular flexibility index (Phi) is 3.88. The Labute approximate surface area is 119 Å². The van der Waals surface area contributed by atoms with E-state index in [-0.39, 0.29) is 22.8 Å². The molecule has 0 amide bonds. The van der Waals surface area contributed by atoms with Crippen molar-refractivity contribution in [1.82, 2.24) is 4.98 Å². The lowest BCUT2D eigenvalue weighted by Crippen LogP contribution is -2.34. The van der Waals surface area contributed by atoms with Crippen molar-refractivity contribution in [3.8, 4) is 5.88 Å². The zero-order valence-electron chi connectivity index (χ0n) is 12.2. The lowest BCUT2D eigenvalue weighted by Gasteiger charge is -2.38. The van der Waals surface area contributed by atoms with Gasteiger partial charge in [0.25, 0.3) is 0 Å². The SMILES string of the molecule is CC1CC(Oc2cc(C(=O)O)c(N)cn2)CC(C)(C)C1. The van der Waals surface area contributed by atoms with Gasteiger partial charge in [-0.1, -0.05) is 20.8 Å². The Bertz CT molecular complexity index is 514. The summed E-state index contributed by atoms with van der Waals surface area (Å²) in [5.74, 6) is -0.130. The van der Waals surface area contributed by atoms with Crippen LogP contribution in [0.4, 0.5) is 5.69 Å². The van der Waals surface area contributed by atoms with Crippen LogP contribution in [0.3, 0.4) is 0 Å². The number of rotatable bonds is 3. The maximum atomic E-state index is 11.1. The quantitative estimate of drug-likeness (QED) is 0.887. The number of carboxylic acids is 1. The van der Waals surface area contributed by atoms with Gasteiger partial charge in [-0.05, 0) is 30.6 Å². The number of aromatic nitrogens is 1. The van der Waals surface area contributed by atoms with Gasteiger partial charge < -0.3 is 15.6 Å². The number of ether oxygens (including phenoxy) is 1. The van der Waals surface area contributed by atoms with Gasteiger partial charge in [0.2, 0.25) is 5.88 Å². The van der Waals surface area contributed by atoms with Crippen LogP contribution < -0.4 is 10.5 Å². The number of pyridine rings is 1. The summed E-state index contributed by atoms with van der Waals surface area (Å²) >= 11 is 0. The van der Waals surface area contributed by atoms with Crippen LogP contribution in [-0.4, -0.2) is 22.2 Å². The minimum atomic E-state index is -1.06. The van der Waals surface area contributed by atoms with E-state index in [1.807, 2.05) is 0 Å². The minimum Gasteiger partial charge on any atom is -0.478 e.